The number of amides is 1. The van der Waals surface area contributed by atoms with E-state index in [0.29, 0.717) is 40.0 Å². The molecule has 0 saturated carbocycles. The number of para-hydroxylation sites is 1. The van der Waals surface area contributed by atoms with Crippen LogP contribution in [0.25, 0.3) is 11.3 Å². The Bertz CT molecular complexity index is 1510. The second-order valence-corrected chi connectivity index (χ2v) is 10.6. The molecule has 1 atom stereocenters. The average molecular weight is 578 g/mol. The van der Waals surface area contributed by atoms with Gasteiger partial charge < -0.3 is 24.8 Å². The number of anilines is 2. The molecule has 0 radical (unpaired) electrons. The van der Waals surface area contributed by atoms with Gasteiger partial charge >= 0.3 is 5.97 Å². The highest BCUT2D eigenvalue weighted by Gasteiger charge is 2.23. The molecule has 3 aromatic carbocycles. The van der Waals surface area contributed by atoms with E-state index in [9.17, 15) is 14.7 Å². The summed E-state index contributed by atoms with van der Waals surface area (Å²) in [7, 11) is 3.17. The van der Waals surface area contributed by atoms with Crippen LogP contribution in [-0.4, -0.2) is 42.2 Å². The van der Waals surface area contributed by atoms with Crippen molar-refractivity contribution >= 4 is 34.0 Å². The lowest BCUT2D eigenvalue weighted by molar-refractivity contribution is -0.139. The third-order valence-electron chi connectivity index (χ3n) is 6.42. The molecule has 1 amide bonds. The number of aliphatic carboxylic acids is 1. The molecule has 0 aliphatic carbocycles. The first kappa shape index (κ1) is 29.5. The fourth-order valence-corrected chi connectivity index (χ4v) is 5.17. The molecule has 0 bridgehead atoms. The van der Waals surface area contributed by atoms with Gasteiger partial charge in [-0.25, -0.2) is 14.2 Å². The van der Waals surface area contributed by atoms with E-state index < -0.39 is 23.7 Å². The highest BCUT2D eigenvalue weighted by Crippen LogP contribution is 2.38. The van der Waals surface area contributed by atoms with Crippen LogP contribution in [0.3, 0.4) is 0 Å². The van der Waals surface area contributed by atoms with E-state index in [0.717, 1.165) is 11.1 Å². The third kappa shape index (κ3) is 7.20. The van der Waals surface area contributed by atoms with Crippen molar-refractivity contribution in [3.8, 4) is 22.8 Å². The summed E-state index contributed by atoms with van der Waals surface area (Å²) in [5.41, 5.74) is 2.89. The number of nitrogens with zero attached hydrogens (tertiary/aromatic N) is 2. The molecule has 1 heterocycles. The van der Waals surface area contributed by atoms with Gasteiger partial charge in [0.1, 0.15) is 23.4 Å². The lowest BCUT2D eigenvalue weighted by Crippen LogP contribution is -2.41. The van der Waals surface area contributed by atoms with Crippen molar-refractivity contribution in [2.75, 3.05) is 19.1 Å². The zero-order chi connectivity index (χ0) is 29.5. The van der Waals surface area contributed by atoms with Gasteiger partial charge in [0, 0.05) is 16.5 Å². The van der Waals surface area contributed by atoms with Crippen LogP contribution in [0.1, 0.15) is 36.2 Å². The maximum absolute atomic E-state index is 15.0. The first-order valence-corrected chi connectivity index (χ1v) is 13.9. The van der Waals surface area contributed by atoms with Gasteiger partial charge in [0.05, 0.1) is 32.1 Å². The summed E-state index contributed by atoms with van der Waals surface area (Å²) >= 11 is 1.36. The second-order valence-electron chi connectivity index (χ2n) is 9.81. The molecule has 0 fully saturated rings. The van der Waals surface area contributed by atoms with Crippen LogP contribution < -0.4 is 19.7 Å². The quantitative estimate of drug-likeness (QED) is 0.197. The van der Waals surface area contributed by atoms with Crippen molar-refractivity contribution in [2.45, 2.75) is 32.9 Å². The van der Waals surface area contributed by atoms with Gasteiger partial charge in [0.25, 0.3) is 5.91 Å². The summed E-state index contributed by atoms with van der Waals surface area (Å²) in [5, 5.41) is 14.5. The Hall–Kier alpha value is -4.44. The molecule has 2 N–H and O–H groups in total. The smallest absolute Gasteiger partial charge is 0.326 e. The lowest BCUT2D eigenvalue weighted by atomic mass is 10.0. The number of halogens is 1. The van der Waals surface area contributed by atoms with Gasteiger partial charge in [-0.1, -0.05) is 38.1 Å². The Morgan fingerprint density at radius 3 is 2.41 bits per heavy atom. The highest BCUT2D eigenvalue weighted by molar-refractivity contribution is 7.14. The van der Waals surface area contributed by atoms with Gasteiger partial charge in [0.15, 0.2) is 5.13 Å². The summed E-state index contributed by atoms with van der Waals surface area (Å²) in [5.74, 6) is -0.536. The molecule has 214 valence electrons. The Morgan fingerprint density at radius 2 is 1.78 bits per heavy atom. The number of thiazole rings is 1. The molecule has 0 aliphatic heterocycles. The van der Waals surface area contributed by atoms with Crippen LogP contribution in [-0.2, 0) is 11.3 Å². The maximum atomic E-state index is 15.0. The number of hydrogen-bond donors (Lipinski definition) is 2. The molecule has 0 spiro atoms. The SMILES string of the molecule is COc1ccc(OC)c(-c2csc(N(Cc3ccc(C(=O)NC(CC(C)C)C(=O)O)cc3)c3ccccc3F)n2)c1. The van der Waals surface area contributed by atoms with Gasteiger partial charge in [0.2, 0.25) is 0 Å². The van der Waals surface area contributed by atoms with Gasteiger partial charge in [-0.3, -0.25) is 4.79 Å². The zero-order valence-electron chi connectivity index (χ0n) is 23.3. The summed E-state index contributed by atoms with van der Waals surface area (Å²) in [6.45, 7) is 4.07. The molecule has 4 aromatic rings. The monoisotopic (exact) mass is 577 g/mol. The van der Waals surface area contributed by atoms with Gasteiger partial charge in [-0.15, -0.1) is 11.3 Å². The molecule has 0 saturated heterocycles. The number of ether oxygens (including phenoxy) is 2. The average Bonchev–Trinajstić information content (AvgIpc) is 3.45. The number of carbonyl (C=O) groups is 2. The van der Waals surface area contributed by atoms with Crippen LogP contribution in [0.15, 0.2) is 72.1 Å². The number of benzene rings is 3. The summed E-state index contributed by atoms with van der Waals surface area (Å²) in [6, 6.07) is 17.7. The number of carboxylic acids is 1. The summed E-state index contributed by atoms with van der Waals surface area (Å²) in [6.07, 6.45) is 0.328. The number of rotatable bonds is 12. The van der Waals surface area contributed by atoms with Crippen LogP contribution >= 0.6 is 11.3 Å². The first-order valence-electron chi connectivity index (χ1n) is 13.0. The molecule has 4 rings (SSSR count). The van der Waals surface area contributed by atoms with Crippen molar-refractivity contribution in [3.63, 3.8) is 0 Å². The van der Waals surface area contributed by atoms with Crippen LogP contribution in [0, 0.1) is 11.7 Å². The number of aromatic nitrogens is 1. The predicted octanol–water partition coefficient (Wildman–Crippen LogP) is 6.53. The van der Waals surface area contributed by atoms with E-state index in [-0.39, 0.29) is 12.5 Å². The molecule has 41 heavy (non-hydrogen) atoms. The first-order chi connectivity index (χ1) is 19.7. The van der Waals surface area contributed by atoms with E-state index in [4.69, 9.17) is 14.5 Å². The highest BCUT2D eigenvalue weighted by atomic mass is 32.1. The standard InChI is InChI=1S/C31H32FN3O5S/c1-19(2)15-25(30(37)38)33-29(36)21-11-9-20(10-12-21)17-35(27-8-6-5-7-24(27)32)31-34-26(18-41-31)23-16-22(39-3)13-14-28(23)40-4/h5-14,16,18-19,25H,15,17H2,1-4H3,(H,33,36)(H,37,38). The minimum atomic E-state index is -1.07. The van der Waals surface area contributed by atoms with E-state index in [1.165, 1.54) is 17.4 Å². The fraction of sp³-hybridized carbons (Fsp3) is 0.258. The van der Waals surface area contributed by atoms with Gasteiger partial charge in [-0.05, 0) is 60.4 Å². The Kier molecular flexibility index (Phi) is 9.57. The van der Waals surface area contributed by atoms with Crippen molar-refractivity contribution in [1.29, 1.82) is 0 Å². The molecular formula is C31H32FN3O5S. The topological polar surface area (TPSA) is 101 Å². The number of hydrogen-bond acceptors (Lipinski definition) is 7. The number of nitrogens with one attached hydrogen (secondary N) is 1. The predicted molar refractivity (Wildman–Crippen MR) is 158 cm³/mol. The normalized spacial score (nSPS) is 11.7. The molecule has 8 nitrogen and oxygen atoms in total. The van der Waals surface area contributed by atoms with Gasteiger partial charge in [-0.2, -0.15) is 0 Å². The second kappa shape index (κ2) is 13.3. The fourth-order valence-electron chi connectivity index (χ4n) is 4.33. The van der Waals surface area contributed by atoms with E-state index in [1.807, 2.05) is 25.3 Å². The van der Waals surface area contributed by atoms with E-state index >= 15 is 4.39 Å². The molecule has 10 heteroatoms. The van der Waals surface area contributed by atoms with Crippen molar-refractivity contribution in [2.24, 2.45) is 5.92 Å². The lowest BCUT2D eigenvalue weighted by Gasteiger charge is -2.23. The third-order valence-corrected chi connectivity index (χ3v) is 7.28. The molecule has 0 aliphatic rings. The Morgan fingerprint density at radius 1 is 1.05 bits per heavy atom. The zero-order valence-corrected chi connectivity index (χ0v) is 24.1. The molecule has 1 unspecified atom stereocenters. The molecular weight excluding hydrogens is 545 g/mol. The minimum Gasteiger partial charge on any atom is -0.497 e. The van der Waals surface area contributed by atoms with Crippen molar-refractivity contribution in [3.05, 3.63) is 89.1 Å². The van der Waals surface area contributed by atoms with Crippen molar-refractivity contribution < 1.29 is 28.6 Å². The summed E-state index contributed by atoms with van der Waals surface area (Å²) < 4.78 is 25.9. The largest absolute Gasteiger partial charge is 0.497 e. The van der Waals surface area contributed by atoms with Crippen molar-refractivity contribution in [1.82, 2.24) is 10.3 Å². The van der Waals surface area contributed by atoms with E-state index in [2.05, 4.69) is 5.32 Å². The van der Waals surface area contributed by atoms with Crippen LogP contribution in [0.4, 0.5) is 15.2 Å². The minimum absolute atomic E-state index is 0.111. The van der Waals surface area contributed by atoms with Crippen LogP contribution in [0.5, 0.6) is 11.5 Å². The number of carboxylic acid groups (broad SMARTS) is 1. The number of methoxy groups -OCH3 is 2. The summed E-state index contributed by atoms with van der Waals surface area (Å²) in [4.78, 5) is 30.9. The maximum Gasteiger partial charge on any atom is 0.326 e. The Labute approximate surface area is 242 Å². The van der Waals surface area contributed by atoms with Crippen LogP contribution in [0.2, 0.25) is 0 Å². The number of carbonyl (C=O) groups excluding carboxylic acids is 1. The Balaban J connectivity index is 1.61. The molecule has 1 aromatic heterocycles. The van der Waals surface area contributed by atoms with E-state index in [1.54, 1.807) is 73.7 Å².